The molecule has 2 aromatic rings. The van der Waals surface area contributed by atoms with E-state index in [2.05, 4.69) is 34.9 Å². The molecule has 3 nitrogen and oxygen atoms in total. The van der Waals surface area contributed by atoms with Gasteiger partial charge in [0.1, 0.15) is 0 Å². The minimum Gasteiger partial charge on any atom is -0.313 e. The first kappa shape index (κ1) is 11.4. The third-order valence-electron chi connectivity index (χ3n) is 2.98. The molecule has 2 heterocycles. The zero-order valence-electron chi connectivity index (χ0n) is 9.90. The highest BCUT2D eigenvalue weighted by atomic mass is 32.1. The second-order valence-electron chi connectivity index (χ2n) is 3.93. The van der Waals surface area contributed by atoms with Crippen LogP contribution in [0.3, 0.4) is 0 Å². The van der Waals surface area contributed by atoms with Crippen LogP contribution in [0.4, 0.5) is 0 Å². The van der Waals surface area contributed by atoms with Gasteiger partial charge in [-0.2, -0.15) is 5.10 Å². The molecule has 0 radical (unpaired) electrons. The Kier molecular flexibility index (Phi) is 3.41. The third kappa shape index (κ3) is 2.18. The standard InChI is InChI=1S/C12H17N3S/c1-9-11(8-14-15(9)3)12(13-2)7-10-5-4-6-16-10/h4-6,8,12-13H,7H2,1-3H3. The molecule has 0 saturated carbocycles. The molecule has 4 heteroatoms. The lowest BCUT2D eigenvalue weighted by Gasteiger charge is -2.14. The van der Waals surface area contributed by atoms with Crippen LogP contribution < -0.4 is 5.32 Å². The topological polar surface area (TPSA) is 29.9 Å². The van der Waals surface area contributed by atoms with Crippen LogP contribution in [-0.4, -0.2) is 16.8 Å². The molecule has 0 fully saturated rings. The van der Waals surface area contributed by atoms with Crippen molar-refractivity contribution in [2.75, 3.05) is 7.05 Å². The molecule has 1 atom stereocenters. The molecule has 0 aliphatic rings. The molecule has 0 spiro atoms. The van der Waals surface area contributed by atoms with E-state index in [-0.39, 0.29) is 0 Å². The highest BCUT2D eigenvalue weighted by Gasteiger charge is 2.15. The summed E-state index contributed by atoms with van der Waals surface area (Å²) in [5, 5.41) is 9.78. The molecule has 1 N–H and O–H groups in total. The third-order valence-corrected chi connectivity index (χ3v) is 3.88. The first-order valence-corrected chi connectivity index (χ1v) is 6.28. The molecule has 16 heavy (non-hydrogen) atoms. The lowest BCUT2D eigenvalue weighted by Crippen LogP contribution is -2.19. The van der Waals surface area contributed by atoms with Crippen molar-refractivity contribution >= 4 is 11.3 Å². The number of nitrogens with zero attached hydrogens (tertiary/aromatic N) is 2. The van der Waals surface area contributed by atoms with E-state index in [1.165, 1.54) is 16.1 Å². The number of aromatic nitrogens is 2. The highest BCUT2D eigenvalue weighted by Crippen LogP contribution is 2.22. The van der Waals surface area contributed by atoms with E-state index in [1.807, 2.05) is 25.0 Å². The van der Waals surface area contributed by atoms with Crippen molar-refractivity contribution in [1.82, 2.24) is 15.1 Å². The van der Waals surface area contributed by atoms with E-state index in [9.17, 15) is 0 Å². The molecule has 2 rings (SSSR count). The second kappa shape index (κ2) is 4.80. The van der Waals surface area contributed by atoms with E-state index < -0.39 is 0 Å². The van der Waals surface area contributed by atoms with Crippen LogP contribution in [0.1, 0.15) is 22.2 Å². The van der Waals surface area contributed by atoms with Crippen LogP contribution in [0.5, 0.6) is 0 Å². The Morgan fingerprint density at radius 3 is 2.88 bits per heavy atom. The molecule has 0 aromatic carbocycles. The van der Waals surface area contributed by atoms with Gasteiger partial charge in [-0.15, -0.1) is 11.3 Å². The predicted octanol–water partition coefficient (Wildman–Crippen LogP) is 2.29. The van der Waals surface area contributed by atoms with Crippen molar-refractivity contribution in [2.45, 2.75) is 19.4 Å². The lowest BCUT2D eigenvalue weighted by molar-refractivity contribution is 0.591. The molecule has 0 bridgehead atoms. The number of likely N-dealkylation sites (N-methyl/N-ethyl adjacent to an activating group) is 1. The first-order chi connectivity index (χ1) is 7.72. The molecule has 0 amide bonds. The maximum atomic E-state index is 4.29. The number of hydrogen-bond acceptors (Lipinski definition) is 3. The smallest absolute Gasteiger partial charge is 0.0540 e. The van der Waals surface area contributed by atoms with Gasteiger partial charge in [-0.25, -0.2) is 0 Å². The Hall–Kier alpha value is -1.13. The zero-order valence-corrected chi connectivity index (χ0v) is 10.7. The summed E-state index contributed by atoms with van der Waals surface area (Å²) < 4.78 is 1.92. The van der Waals surface area contributed by atoms with Gasteiger partial charge in [-0.1, -0.05) is 6.07 Å². The van der Waals surface area contributed by atoms with Crippen LogP contribution in [0.2, 0.25) is 0 Å². The maximum absolute atomic E-state index is 4.29. The molecule has 0 saturated heterocycles. The summed E-state index contributed by atoms with van der Waals surface area (Å²) in [5.41, 5.74) is 2.52. The fraction of sp³-hybridized carbons (Fsp3) is 0.417. The van der Waals surface area contributed by atoms with Crippen LogP contribution in [0.25, 0.3) is 0 Å². The predicted molar refractivity (Wildman–Crippen MR) is 67.8 cm³/mol. The van der Waals surface area contributed by atoms with Gasteiger partial charge in [0.15, 0.2) is 0 Å². The van der Waals surface area contributed by atoms with Gasteiger partial charge < -0.3 is 5.32 Å². The number of hydrogen-bond donors (Lipinski definition) is 1. The number of thiophene rings is 1. The summed E-state index contributed by atoms with van der Waals surface area (Å²) >= 11 is 1.81. The Labute approximate surface area is 100 Å². The van der Waals surface area contributed by atoms with Gasteiger partial charge in [0.2, 0.25) is 0 Å². The van der Waals surface area contributed by atoms with Crippen LogP contribution in [-0.2, 0) is 13.5 Å². The molecule has 1 unspecified atom stereocenters. The van der Waals surface area contributed by atoms with E-state index in [1.54, 1.807) is 11.3 Å². The number of rotatable bonds is 4. The summed E-state index contributed by atoms with van der Waals surface area (Å²) in [6, 6.07) is 4.64. The normalized spacial score (nSPS) is 12.9. The zero-order chi connectivity index (χ0) is 11.5. The Balaban J connectivity index is 2.20. The number of aryl methyl sites for hydroxylation is 1. The SMILES string of the molecule is CNC(Cc1cccs1)c1cnn(C)c1C. The minimum absolute atomic E-state index is 0.354. The molecular formula is C12H17N3S. The van der Waals surface area contributed by atoms with Crippen molar-refractivity contribution in [3.05, 3.63) is 39.8 Å². The maximum Gasteiger partial charge on any atom is 0.0540 e. The van der Waals surface area contributed by atoms with Gasteiger partial charge in [0.05, 0.1) is 6.20 Å². The summed E-state index contributed by atoms with van der Waals surface area (Å²) in [7, 11) is 3.99. The van der Waals surface area contributed by atoms with E-state index >= 15 is 0 Å². The van der Waals surface area contributed by atoms with Crippen molar-refractivity contribution in [3.63, 3.8) is 0 Å². The molecule has 0 aliphatic heterocycles. The largest absolute Gasteiger partial charge is 0.313 e. The monoisotopic (exact) mass is 235 g/mol. The Morgan fingerprint density at radius 1 is 1.56 bits per heavy atom. The molecule has 86 valence electrons. The summed E-state index contributed by atoms with van der Waals surface area (Å²) in [5.74, 6) is 0. The summed E-state index contributed by atoms with van der Waals surface area (Å²) in [4.78, 5) is 1.41. The van der Waals surface area contributed by atoms with Crippen molar-refractivity contribution in [3.8, 4) is 0 Å². The second-order valence-corrected chi connectivity index (χ2v) is 4.97. The average molecular weight is 235 g/mol. The quantitative estimate of drug-likeness (QED) is 0.881. The summed E-state index contributed by atoms with van der Waals surface area (Å²) in [6.45, 7) is 2.11. The summed E-state index contributed by atoms with van der Waals surface area (Å²) in [6.07, 6.45) is 2.99. The van der Waals surface area contributed by atoms with E-state index in [0.717, 1.165) is 6.42 Å². The van der Waals surface area contributed by atoms with E-state index in [0.29, 0.717) is 6.04 Å². The van der Waals surface area contributed by atoms with Crippen LogP contribution in [0.15, 0.2) is 23.7 Å². The van der Waals surface area contributed by atoms with Crippen LogP contribution >= 0.6 is 11.3 Å². The van der Waals surface area contributed by atoms with Crippen molar-refractivity contribution < 1.29 is 0 Å². The molecule has 2 aromatic heterocycles. The lowest BCUT2D eigenvalue weighted by atomic mass is 10.0. The van der Waals surface area contributed by atoms with Crippen molar-refractivity contribution in [1.29, 1.82) is 0 Å². The fourth-order valence-corrected chi connectivity index (χ4v) is 2.61. The van der Waals surface area contributed by atoms with Gasteiger partial charge >= 0.3 is 0 Å². The van der Waals surface area contributed by atoms with Gasteiger partial charge in [-0.05, 0) is 25.4 Å². The van der Waals surface area contributed by atoms with Crippen LogP contribution in [0, 0.1) is 6.92 Å². The van der Waals surface area contributed by atoms with Gasteiger partial charge in [0, 0.05) is 35.6 Å². The fourth-order valence-electron chi connectivity index (χ4n) is 1.86. The average Bonchev–Trinajstić information content (AvgIpc) is 2.88. The van der Waals surface area contributed by atoms with Gasteiger partial charge in [-0.3, -0.25) is 4.68 Å². The van der Waals surface area contributed by atoms with Crippen molar-refractivity contribution in [2.24, 2.45) is 7.05 Å². The Bertz CT molecular complexity index is 445. The molecule has 0 aliphatic carbocycles. The molecular weight excluding hydrogens is 218 g/mol. The highest BCUT2D eigenvalue weighted by molar-refractivity contribution is 7.09. The number of nitrogens with one attached hydrogen (secondary N) is 1. The first-order valence-electron chi connectivity index (χ1n) is 5.40. The van der Waals surface area contributed by atoms with Gasteiger partial charge in [0.25, 0.3) is 0 Å². The minimum atomic E-state index is 0.354. The van der Waals surface area contributed by atoms with E-state index in [4.69, 9.17) is 0 Å². The Morgan fingerprint density at radius 2 is 2.38 bits per heavy atom.